The van der Waals surface area contributed by atoms with Crippen molar-refractivity contribution in [1.29, 1.82) is 0 Å². The van der Waals surface area contributed by atoms with Gasteiger partial charge in [-0.05, 0) is 63.6 Å². The lowest BCUT2D eigenvalue weighted by molar-refractivity contribution is -0.141. The van der Waals surface area contributed by atoms with Gasteiger partial charge >= 0.3 is 6.09 Å². The molecule has 6 rings (SSSR count). The summed E-state index contributed by atoms with van der Waals surface area (Å²) < 4.78 is 13.2. The van der Waals surface area contributed by atoms with E-state index in [-0.39, 0.29) is 48.2 Å². The van der Waals surface area contributed by atoms with Gasteiger partial charge in [0, 0.05) is 63.9 Å². The lowest BCUT2D eigenvalue weighted by Gasteiger charge is -2.53. The Kier molecular flexibility index (Phi) is 9.73. The normalized spacial score (nSPS) is 21.7. The van der Waals surface area contributed by atoms with E-state index in [1.165, 1.54) is 4.90 Å². The number of aliphatic hydroxyl groups is 1. The highest BCUT2D eigenvalue weighted by molar-refractivity contribution is 5.91. The van der Waals surface area contributed by atoms with E-state index in [0.29, 0.717) is 24.7 Å². The van der Waals surface area contributed by atoms with E-state index in [0.717, 1.165) is 42.8 Å². The number of hydrogen-bond donors (Lipinski definition) is 2. The average molecular weight is 690 g/mol. The molecule has 2 aromatic heterocycles. The summed E-state index contributed by atoms with van der Waals surface area (Å²) in [5.41, 5.74) is 2.53. The van der Waals surface area contributed by atoms with Crippen molar-refractivity contribution in [3.8, 4) is 11.3 Å². The Labute approximate surface area is 293 Å². The number of aliphatic hydroxyl groups excluding tert-OH is 1. The molecule has 2 N–H and O–H groups in total. The number of amides is 3. The van der Waals surface area contributed by atoms with E-state index < -0.39 is 23.7 Å². The fourth-order valence-corrected chi connectivity index (χ4v) is 7.52. The van der Waals surface area contributed by atoms with Crippen LogP contribution in [0.2, 0.25) is 0 Å². The summed E-state index contributed by atoms with van der Waals surface area (Å²) in [6, 6.07) is 10.6. The number of likely N-dealkylation sites (tertiary alicyclic amines) is 2. The van der Waals surface area contributed by atoms with Crippen molar-refractivity contribution in [3.63, 3.8) is 0 Å². The first-order chi connectivity index (χ1) is 23.6. The molecule has 270 valence electrons. The maximum atomic E-state index is 14.1. The number of rotatable bonds is 8. The second-order valence-electron chi connectivity index (χ2n) is 15.7. The third kappa shape index (κ3) is 7.38. The van der Waals surface area contributed by atoms with Crippen LogP contribution in [0.3, 0.4) is 0 Å². The van der Waals surface area contributed by atoms with Crippen LogP contribution in [0.15, 0.2) is 47.1 Å². The van der Waals surface area contributed by atoms with Gasteiger partial charge in [-0.15, -0.1) is 0 Å². The molecule has 1 unspecified atom stereocenters. The quantitative estimate of drug-likeness (QED) is 0.349. The summed E-state index contributed by atoms with van der Waals surface area (Å²) in [6.07, 6.45) is 2.62. The number of carbonyl (C=O) groups is 3. The van der Waals surface area contributed by atoms with Gasteiger partial charge in [0.05, 0.1) is 17.8 Å². The number of aryl methyl sites for hydroxylation is 1. The van der Waals surface area contributed by atoms with Gasteiger partial charge in [-0.3, -0.25) is 14.3 Å². The minimum Gasteiger partial charge on any atom is -0.444 e. The lowest BCUT2D eigenvalue weighted by atomic mass is 9.72. The average Bonchev–Trinajstić information content (AvgIpc) is 3.79. The van der Waals surface area contributed by atoms with Crippen LogP contribution >= 0.6 is 0 Å². The molecule has 50 heavy (non-hydrogen) atoms. The Morgan fingerprint density at radius 2 is 1.74 bits per heavy atom. The Hall–Kier alpha value is -4.39. The van der Waals surface area contributed by atoms with Crippen LogP contribution < -0.4 is 10.2 Å². The number of ether oxygens (including phenoxy) is 1. The summed E-state index contributed by atoms with van der Waals surface area (Å²) in [4.78, 5) is 45.7. The zero-order valence-corrected chi connectivity index (χ0v) is 30.3. The lowest BCUT2D eigenvalue weighted by Crippen LogP contribution is -2.61. The third-order valence-electron chi connectivity index (χ3n) is 10.4. The molecule has 0 aliphatic carbocycles. The van der Waals surface area contributed by atoms with Crippen LogP contribution in [0, 0.1) is 11.3 Å². The van der Waals surface area contributed by atoms with Gasteiger partial charge in [-0.25, -0.2) is 4.79 Å². The molecule has 3 saturated heterocycles. The highest BCUT2D eigenvalue weighted by Crippen LogP contribution is 2.43. The van der Waals surface area contributed by atoms with Crippen LogP contribution in [-0.2, 0) is 21.4 Å². The molecule has 3 aliphatic rings. The van der Waals surface area contributed by atoms with Crippen molar-refractivity contribution < 1.29 is 28.8 Å². The number of β-amino-alcohol motifs (C(OH)–C–C–N with tert-alkyl or cyclic N) is 1. The monoisotopic (exact) mass is 689 g/mol. The molecule has 1 aromatic carbocycles. The molecule has 0 bridgehead atoms. The van der Waals surface area contributed by atoms with Crippen LogP contribution in [0.25, 0.3) is 11.3 Å². The number of piperidine rings is 1. The maximum Gasteiger partial charge on any atom is 0.410 e. The van der Waals surface area contributed by atoms with E-state index >= 15 is 0 Å². The van der Waals surface area contributed by atoms with Crippen LogP contribution in [0.1, 0.15) is 84.1 Å². The number of hydrogen-bond acceptors (Lipinski definition) is 9. The summed E-state index contributed by atoms with van der Waals surface area (Å²) in [5.74, 6) is -0.243. The largest absolute Gasteiger partial charge is 0.444 e. The van der Waals surface area contributed by atoms with Crippen molar-refractivity contribution >= 4 is 23.7 Å². The van der Waals surface area contributed by atoms with E-state index in [2.05, 4.69) is 20.5 Å². The highest BCUT2D eigenvalue weighted by Gasteiger charge is 2.48. The molecule has 4 atom stereocenters. The molecule has 3 amide bonds. The number of aromatic nitrogens is 3. The molecule has 13 heteroatoms. The minimum absolute atomic E-state index is 0.0733. The Bertz CT molecular complexity index is 1680. The van der Waals surface area contributed by atoms with E-state index in [1.54, 1.807) is 11.1 Å². The molecule has 3 aromatic rings. The van der Waals surface area contributed by atoms with Crippen molar-refractivity contribution in [2.75, 3.05) is 37.6 Å². The molecular formula is C37H51N7O6. The SMILES string of the molecule is CC(C)C(C(=O)N1C[C@H](O)C[C@H]1C(=O)N[C@@H](C)c1ccc(-c2ccnn2C)cc1)c1cc(N2CC3(CCN(C(=O)OC(C)(C)C)CC3)C2)no1. The second kappa shape index (κ2) is 13.7. The number of benzene rings is 1. The van der Waals surface area contributed by atoms with Gasteiger partial charge < -0.3 is 34.4 Å². The Morgan fingerprint density at radius 1 is 1.06 bits per heavy atom. The molecule has 3 fully saturated rings. The number of anilines is 1. The summed E-state index contributed by atoms with van der Waals surface area (Å²) in [5, 5.41) is 22.3. The molecule has 13 nitrogen and oxygen atoms in total. The summed E-state index contributed by atoms with van der Waals surface area (Å²) in [6.45, 7) is 14.4. The molecule has 0 radical (unpaired) electrons. The van der Waals surface area contributed by atoms with E-state index in [4.69, 9.17) is 9.26 Å². The fourth-order valence-electron chi connectivity index (χ4n) is 7.52. The van der Waals surface area contributed by atoms with E-state index in [9.17, 15) is 19.5 Å². The standard InChI is InChI=1S/C37H51N7O6/c1-23(2)32(30-19-31(40-50-30)43-21-37(22-43)13-16-42(17-14-37)35(48)49-36(4,5)6)34(47)44-20-27(45)18-29(44)33(46)39-24(3)25-8-10-26(11-9-25)28-12-15-38-41(28)7/h8-12,15,19,23-24,27,29,32,45H,13-14,16-18,20-22H2,1-7H3,(H,39,46)/t24-,27+,29-,32?/m0/s1. The number of nitrogens with one attached hydrogen (secondary N) is 1. The molecule has 5 heterocycles. The zero-order chi connectivity index (χ0) is 36.0. The van der Waals surface area contributed by atoms with Crippen LogP contribution in [0.5, 0.6) is 0 Å². The van der Waals surface area contributed by atoms with Gasteiger partial charge in [-0.2, -0.15) is 5.10 Å². The summed E-state index contributed by atoms with van der Waals surface area (Å²) >= 11 is 0. The molecule has 0 saturated carbocycles. The fraction of sp³-hybridized carbons (Fsp3) is 0.595. The predicted octanol–water partition coefficient (Wildman–Crippen LogP) is 4.49. The second-order valence-corrected chi connectivity index (χ2v) is 15.7. The van der Waals surface area contributed by atoms with Gasteiger partial charge in [0.15, 0.2) is 11.6 Å². The minimum atomic E-state index is -0.806. The first-order valence-corrected chi connectivity index (χ1v) is 17.7. The van der Waals surface area contributed by atoms with Gasteiger partial charge in [0.25, 0.3) is 0 Å². The Morgan fingerprint density at radius 3 is 2.34 bits per heavy atom. The maximum absolute atomic E-state index is 14.1. The van der Waals surface area contributed by atoms with E-state index in [1.807, 2.05) is 89.7 Å². The molecule has 1 spiro atoms. The van der Waals surface area contributed by atoms with Gasteiger partial charge in [-0.1, -0.05) is 43.3 Å². The smallest absolute Gasteiger partial charge is 0.410 e. The molecule has 3 aliphatic heterocycles. The molecular weight excluding hydrogens is 638 g/mol. The van der Waals surface area contributed by atoms with Gasteiger partial charge in [0.1, 0.15) is 17.6 Å². The van der Waals surface area contributed by atoms with Crippen molar-refractivity contribution in [2.45, 2.75) is 90.5 Å². The first-order valence-electron chi connectivity index (χ1n) is 17.7. The first kappa shape index (κ1) is 35.4. The van der Waals surface area contributed by atoms with Gasteiger partial charge in [0.2, 0.25) is 11.8 Å². The number of nitrogens with zero attached hydrogens (tertiary/aromatic N) is 6. The summed E-state index contributed by atoms with van der Waals surface area (Å²) in [7, 11) is 1.89. The topological polar surface area (TPSA) is 146 Å². The van der Waals surface area contributed by atoms with Crippen molar-refractivity contribution in [2.24, 2.45) is 18.4 Å². The predicted molar refractivity (Wildman–Crippen MR) is 187 cm³/mol. The zero-order valence-electron chi connectivity index (χ0n) is 30.3. The third-order valence-corrected chi connectivity index (χ3v) is 10.4. The van der Waals surface area contributed by atoms with Crippen LogP contribution in [0.4, 0.5) is 10.6 Å². The van der Waals surface area contributed by atoms with Crippen molar-refractivity contribution in [3.05, 3.63) is 53.9 Å². The number of carbonyl (C=O) groups excluding carboxylic acids is 3. The van der Waals surface area contributed by atoms with Crippen molar-refractivity contribution in [1.82, 2.24) is 30.1 Å². The highest BCUT2D eigenvalue weighted by atomic mass is 16.6. The van der Waals surface area contributed by atoms with Crippen LogP contribution in [-0.4, -0.2) is 98.2 Å². The Balaban J connectivity index is 1.07.